The Morgan fingerprint density at radius 3 is 2.83 bits per heavy atom. The predicted octanol–water partition coefficient (Wildman–Crippen LogP) is 1.96. The topological polar surface area (TPSA) is 64.0 Å². The summed E-state index contributed by atoms with van der Waals surface area (Å²) in [6, 6.07) is 4.47. The number of phenols is 1. The van der Waals surface area contributed by atoms with Crippen LogP contribution in [0.2, 0.25) is 5.02 Å². The summed E-state index contributed by atoms with van der Waals surface area (Å²) in [4.78, 5) is 16.8. The van der Waals surface area contributed by atoms with Crippen LogP contribution in [0.3, 0.4) is 0 Å². The molecule has 126 valence electrons. The lowest BCUT2D eigenvalue weighted by Gasteiger charge is -2.35. The van der Waals surface area contributed by atoms with E-state index in [0.29, 0.717) is 23.0 Å². The summed E-state index contributed by atoms with van der Waals surface area (Å²) in [5, 5.41) is 19.6. The zero-order valence-corrected chi connectivity index (χ0v) is 13.9. The summed E-state index contributed by atoms with van der Waals surface area (Å²) in [5.41, 5.74) is 0.365. The molecule has 0 aliphatic carbocycles. The van der Waals surface area contributed by atoms with Gasteiger partial charge in [-0.15, -0.1) is 0 Å². The first-order valence-electron chi connectivity index (χ1n) is 8.21. The minimum atomic E-state index is -0.206. The number of rotatable bonds is 3. The summed E-state index contributed by atoms with van der Waals surface area (Å²) in [7, 11) is 0. The van der Waals surface area contributed by atoms with Crippen LogP contribution in [-0.2, 0) is 0 Å². The van der Waals surface area contributed by atoms with Crippen molar-refractivity contribution in [3.05, 3.63) is 28.8 Å². The molecular weight excluding hydrogens is 316 g/mol. The van der Waals surface area contributed by atoms with Gasteiger partial charge in [-0.3, -0.25) is 4.79 Å². The molecule has 0 saturated carbocycles. The average molecular weight is 339 g/mol. The highest BCUT2D eigenvalue weighted by Gasteiger charge is 2.29. The van der Waals surface area contributed by atoms with Gasteiger partial charge in [0.1, 0.15) is 5.75 Å². The second kappa shape index (κ2) is 7.07. The monoisotopic (exact) mass is 338 g/mol. The van der Waals surface area contributed by atoms with E-state index in [1.54, 1.807) is 6.07 Å². The number of hydrogen-bond donors (Lipinski definition) is 2. The van der Waals surface area contributed by atoms with E-state index in [4.69, 9.17) is 11.6 Å². The van der Waals surface area contributed by atoms with Crippen molar-refractivity contribution in [3.63, 3.8) is 0 Å². The first-order valence-corrected chi connectivity index (χ1v) is 8.59. The fourth-order valence-electron chi connectivity index (χ4n) is 3.59. The molecule has 0 radical (unpaired) electrons. The minimum Gasteiger partial charge on any atom is -0.508 e. The Morgan fingerprint density at radius 1 is 1.26 bits per heavy atom. The number of carbonyl (C=O) groups is 1. The van der Waals surface area contributed by atoms with Crippen molar-refractivity contribution < 1.29 is 15.0 Å². The third-order valence-corrected chi connectivity index (χ3v) is 5.08. The number of amides is 1. The molecule has 6 heteroatoms. The van der Waals surface area contributed by atoms with E-state index in [1.807, 2.05) is 4.90 Å². The predicted molar refractivity (Wildman–Crippen MR) is 88.8 cm³/mol. The molecule has 2 unspecified atom stereocenters. The van der Waals surface area contributed by atoms with Crippen LogP contribution in [0.4, 0.5) is 0 Å². The second-order valence-corrected chi connectivity index (χ2v) is 7.03. The number of benzene rings is 1. The number of aromatic hydroxyl groups is 1. The van der Waals surface area contributed by atoms with E-state index >= 15 is 0 Å². The van der Waals surface area contributed by atoms with Gasteiger partial charge in [0.2, 0.25) is 0 Å². The summed E-state index contributed by atoms with van der Waals surface area (Å²) >= 11 is 6.11. The van der Waals surface area contributed by atoms with Gasteiger partial charge < -0.3 is 20.0 Å². The Bertz CT molecular complexity index is 581. The zero-order chi connectivity index (χ0) is 16.4. The lowest BCUT2D eigenvalue weighted by atomic mass is 9.96. The number of phenolic OH excluding ortho intramolecular Hbond substituents is 1. The number of aliphatic hydroxyl groups excluding tert-OH is 1. The summed E-state index contributed by atoms with van der Waals surface area (Å²) < 4.78 is 0. The Balaban J connectivity index is 1.63. The number of hydrogen-bond acceptors (Lipinski definition) is 4. The molecule has 2 atom stereocenters. The van der Waals surface area contributed by atoms with Crippen molar-refractivity contribution >= 4 is 17.5 Å². The minimum absolute atomic E-state index is 0.0531. The van der Waals surface area contributed by atoms with Gasteiger partial charge in [0.05, 0.1) is 16.7 Å². The van der Waals surface area contributed by atoms with Crippen molar-refractivity contribution in [2.24, 2.45) is 5.92 Å². The van der Waals surface area contributed by atoms with Gasteiger partial charge in [-0.2, -0.15) is 0 Å². The van der Waals surface area contributed by atoms with Crippen molar-refractivity contribution in [2.45, 2.75) is 25.4 Å². The van der Waals surface area contributed by atoms with Crippen LogP contribution in [0.1, 0.15) is 29.6 Å². The largest absolute Gasteiger partial charge is 0.508 e. The van der Waals surface area contributed by atoms with E-state index in [-0.39, 0.29) is 17.8 Å². The SMILES string of the molecule is O=C(c1cc(O)ccc1Cl)N1CCCC(CN2CCC(O)C2)C1. The molecule has 3 rings (SSSR count). The van der Waals surface area contributed by atoms with Gasteiger partial charge in [-0.05, 0) is 43.4 Å². The fourth-order valence-corrected chi connectivity index (χ4v) is 3.79. The molecule has 2 saturated heterocycles. The van der Waals surface area contributed by atoms with Crippen LogP contribution >= 0.6 is 11.6 Å². The average Bonchev–Trinajstić information content (AvgIpc) is 2.94. The van der Waals surface area contributed by atoms with Gasteiger partial charge in [0, 0.05) is 32.7 Å². The Morgan fingerprint density at radius 2 is 2.09 bits per heavy atom. The third kappa shape index (κ3) is 3.97. The molecule has 1 aromatic rings. The molecule has 2 heterocycles. The maximum Gasteiger partial charge on any atom is 0.255 e. The van der Waals surface area contributed by atoms with E-state index in [2.05, 4.69) is 4.90 Å². The zero-order valence-electron chi connectivity index (χ0n) is 13.1. The number of nitrogens with zero attached hydrogens (tertiary/aromatic N) is 2. The van der Waals surface area contributed by atoms with Crippen molar-refractivity contribution in [1.29, 1.82) is 0 Å². The number of halogens is 1. The van der Waals surface area contributed by atoms with Crippen LogP contribution in [0.15, 0.2) is 18.2 Å². The highest BCUT2D eigenvalue weighted by Crippen LogP contribution is 2.26. The van der Waals surface area contributed by atoms with Gasteiger partial charge in [-0.1, -0.05) is 11.6 Å². The molecule has 1 amide bonds. The van der Waals surface area contributed by atoms with Crippen LogP contribution in [0.25, 0.3) is 0 Å². The summed E-state index contributed by atoms with van der Waals surface area (Å²) in [5.74, 6) is 0.364. The lowest BCUT2D eigenvalue weighted by Crippen LogP contribution is -2.43. The quantitative estimate of drug-likeness (QED) is 0.884. The molecule has 0 aromatic heterocycles. The number of β-amino-alcohol motifs (C(OH)–C–C–N with tert-alkyl or cyclic N) is 1. The normalized spacial score (nSPS) is 25.7. The van der Waals surface area contributed by atoms with Crippen LogP contribution < -0.4 is 0 Å². The molecule has 2 fully saturated rings. The number of likely N-dealkylation sites (tertiary alicyclic amines) is 2. The van der Waals surface area contributed by atoms with Crippen molar-refractivity contribution in [1.82, 2.24) is 9.80 Å². The molecular formula is C17H23ClN2O3. The number of piperidine rings is 1. The maximum absolute atomic E-state index is 12.7. The molecule has 5 nitrogen and oxygen atoms in total. The van der Waals surface area contributed by atoms with Crippen molar-refractivity contribution in [2.75, 3.05) is 32.7 Å². The molecule has 23 heavy (non-hydrogen) atoms. The highest BCUT2D eigenvalue weighted by atomic mass is 35.5. The lowest BCUT2D eigenvalue weighted by molar-refractivity contribution is 0.0642. The smallest absolute Gasteiger partial charge is 0.255 e. The fraction of sp³-hybridized carbons (Fsp3) is 0.588. The van der Waals surface area contributed by atoms with Crippen LogP contribution in [0.5, 0.6) is 5.75 Å². The molecule has 2 aliphatic heterocycles. The highest BCUT2D eigenvalue weighted by molar-refractivity contribution is 6.33. The second-order valence-electron chi connectivity index (χ2n) is 6.63. The Labute approximate surface area is 141 Å². The Hall–Kier alpha value is -1.30. The van der Waals surface area contributed by atoms with E-state index < -0.39 is 0 Å². The molecule has 2 N–H and O–H groups in total. The van der Waals surface area contributed by atoms with Crippen molar-refractivity contribution in [3.8, 4) is 5.75 Å². The molecule has 0 spiro atoms. The van der Waals surface area contributed by atoms with Crippen LogP contribution in [0, 0.1) is 5.92 Å². The number of aliphatic hydroxyl groups is 1. The van der Waals surface area contributed by atoms with E-state index in [1.165, 1.54) is 12.1 Å². The third-order valence-electron chi connectivity index (χ3n) is 4.75. The van der Waals surface area contributed by atoms with E-state index in [9.17, 15) is 15.0 Å². The number of carbonyl (C=O) groups excluding carboxylic acids is 1. The molecule has 0 bridgehead atoms. The van der Waals surface area contributed by atoms with Gasteiger partial charge in [0.15, 0.2) is 0 Å². The van der Waals surface area contributed by atoms with E-state index in [0.717, 1.165) is 45.4 Å². The van der Waals surface area contributed by atoms with Gasteiger partial charge >= 0.3 is 0 Å². The Kier molecular flexibility index (Phi) is 5.09. The molecule has 2 aliphatic rings. The summed E-state index contributed by atoms with van der Waals surface area (Å²) in [6.45, 7) is 4.03. The standard InChI is InChI=1S/C17H23ClN2O3/c18-16-4-3-13(21)8-15(16)17(23)20-6-1-2-12(10-20)9-19-7-5-14(22)11-19/h3-4,8,12,14,21-22H,1-2,5-7,9-11H2. The first-order chi connectivity index (χ1) is 11.0. The van der Waals surface area contributed by atoms with Gasteiger partial charge in [-0.25, -0.2) is 0 Å². The maximum atomic E-state index is 12.7. The first kappa shape index (κ1) is 16.6. The van der Waals surface area contributed by atoms with Crippen LogP contribution in [-0.4, -0.2) is 64.7 Å². The van der Waals surface area contributed by atoms with Gasteiger partial charge in [0.25, 0.3) is 5.91 Å². The summed E-state index contributed by atoms with van der Waals surface area (Å²) in [6.07, 6.45) is 2.71. The molecule has 1 aromatic carbocycles.